The zero-order valence-corrected chi connectivity index (χ0v) is 12.7. The third kappa shape index (κ3) is 4.17. The van der Waals surface area contributed by atoms with Crippen molar-refractivity contribution in [3.05, 3.63) is 0 Å². The van der Waals surface area contributed by atoms with Crippen LogP contribution in [0.2, 0.25) is 0 Å². The summed E-state index contributed by atoms with van der Waals surface area (Å²) in [7, 11) is 2.20. The summed E-state index contributed by atoms with van der Waals surface area (Å²) < 4.78 is 5.21. The first-order valence-electron chi connectivity index (χ1n) is 7.97. The Hall–Kier alpha value is -0.650. The molecule has 3 N–H and O–H groups in total. The molecule has 1 unspecified atom stereocenters. The van der Waals surface area contributed by atoms with Gasteiger partial charge in [0.15, 0.2) is 0 Å². The molecule has 116 valence electrons. The molecule has 0 aromatic heterocycles. The van der Waals surface area contributed by atoms with E-state index in [1.807, 2.05) is 0 Å². The zero-order chi connectivity index (χ0) is 14.4. The fourth-order valence-electron chi connectivity index (χ4n) is 3.17. The molecule has 1 aliphatic carbocycles. The molecule has 1 heterocycles. The molecule has 1 atom stereocenters. The molecule has 2 aliphatic rings. The molecule has 0 aromatic carbocycles. The lowest BCUT2D eigenvalue weighted by Crippen LogP contribution is -2.54. The third-order valence-electron chi connectivity index (χ3n) is 4.68. The Bertz CT molecular complexity index is 310. The first kappa shape index (κ1) is 15.7. The number of hydrogen-bond acceptors (Lipinski definition) is 4. The van der Waals surface area contributed by atoms with Gasteiger partial charge in [-0.3, -0.25) is 4.79 Å². The number of rotatable bonds is 6. The average molecular weight is 283 g/mol. The summed E-state index contributed by atoms with van der Waals surface area (Å²) in [5.74, 6) is -0.0599. The molecule has 20 heavy (non-hydrogen) atoms. The number of nitrogens with zero attached hydrogens (tertiary/aromatic N) is 1. The molecule has 1 saturated heterocycles. The lowest BCUT2D eigenvalue weighted by molar-refractivity contribution is -0.126. The number of carbonyl (C=O) groups is 1. The van der Waals surface area contributed by atoms with Crippen molar-refractivity contribution in [3.8, 4) is 0 Å². The molecule has 1 saturated carbocycles. The maximum Gasteiger partial charge on any atom is 0.242 e. The van der Waals surface area contributed by atoms with Gasteiger partial charge in [-0.25, -0.2) is 0 Å². The van der Waals surface area contributed by atoms with Crippen LogP contribution in [-0.4, -0.2) is 55.7 Å². The van der Waals surface area contributed by atoms with Gasteiger partial charge >= 0.3 is 0 Å². The zero-order valence-electron chi connectivity index (χ0n) is 12.7. The molecule has 1 aliphatic heterocycles. The Morgan fingerprint density at radius 3 is 2.80 bits per heavy atom. The van der Waals surface area contributed by atoms with E-state index in [2.05, 4.69) is 17.3 Å². The van der Waals surface area contributed by atoms with Gasteiger partial charge in [0.25, 0.3) is 0 Å². The van der Waals surface area contributed by atoms with Crippen molar-refractivity contribution in [3.63, 3.8) is 0 Å². The standard InChI is InChI=1S/C15H29N3O2/c1-18(13-6-3-2-4-7-13)10-5-9-17-14(19)15(16)8-11-20-12-15/h13H,2-12,16H2,1H3,(H,17,19). The van der Waals surface area contributed by atoms with Gasteiger partial charge in [0.1, 0.15) is 5.54 Å². The molecule has 2 rings (SSSR count). The molecule has 2 fully saturated rings. The molecule has 0 aromatic rings. The first-order valence-corrected chi connectivity index (χ1v) is 7.97. The molecule has 0 bridgehead atoms. The average Bonchev–Trinajstić information content (AvgIpc) is 2.92. The van der Waals surface area contributed by atoms with Gasteiger partial charge in [0.2, 0.25) is 5.91 Å². The fourth-order valence-corrected chi connectivity index (χ4v) is 3.17. The summed E-state index contributed by atoms with van der Waals surface area (Å²) in [4.78, 5) is 14.4. The molecule has 5 nitrogen and oxygen atoms in total. The first-order chi connectivity index (χ1) is 9.62. The number of hydrogen-bond donors (Lipinski definition) is 2. The van der Waals surface area contributed by atoms with Crippen LogP contribution in [0.3, 0.4) is 0 Å². The van der Waals surface area contributed by atoms with Crippen molar-refractivity contribution in [2.24, 2.45) is 5.73 Å². The molecular weight excluding hydrogens is 254 g/mol. The van der Waals surface area contributed by atoms with Crippen molar-refractivity contribution in [2.75, 3.05) is 33.4 Å². The Balaban J connectivity index is 1.59. The van der Waals surface area contributed by atoms with Crippen molar-refractivity contribution < 1.29 is 9.53 Å². The van der Waals surface area contributed by atoms with Gasteiger partial charge in [-0.15, -0.1) is 0 Å². The van der Waals surface area contributed by atoms with E-state index >= 15 is 0 Å². The lowest BCUT2D eigenvalue weighted by atomic mass is 9.94. The van der Waals surface area contributed by atoms with Gasteiger partial charge in [0, 0.05) is 19.2 Å². The van der Waals surface area contributed by atoms with E-state index in [1.54, 1.807) is 0 Å². The van der Waals surface area contributed by atoms with Crippen LogP contribution in [0, 0.1) is 0 Å². The Morgan fingerprint density at radius 1 is 1.40 bits per heavy atom. The van der Waals surface area contributed by atoms with Crippen LogP contribution < -0.4 is 11.1 Å². The van der Waals surface area contributed by atoms with Crippen molar-refractivity contribution >= 4 is 5.91 Å². The van der Waals surface area contributed by atoms with E-state index in [-0.39, 0.29) is 5.91 Å². The minimum absolute atomic E-state index is 0.0599. The molecule has 0 spiro atoms. The predicted molar refractivity (Wildman–Crippen MR) is 79.5 cm³/mol. The Kier molecular flexibility index (Phi) is 5.81. The summed E-state index contributed by atoms with van der Waals surface area (Å²) in [5, 5.41) is 2.95. The van der Waals surface area contributed by atoms with E-state index in [0.29, 0.717) is 26.2 Å². The van der Waals surface area contributed by atoms with Crippen LogP contribution >= 0.6 is 0 Å². The third-order valence-corrected chi connectivity index (χ3v) is 4.68. The van der Waals surface area contributed by atoms with E-state index < -0.39 is 5.54 Å². The predicted octanol–water partition coefficient (Wildman–Crippen LogP) is 0.875. The quantitative estimate of drug-likeness (QED) is 0.710. The number of carbonyl (C=O) groups excluding carboxylic acids is 1. The van der Waals surface area contributed by atoms with Gasteiger partial charge in [0.05, 0.1) is 6.61 Å². The van der Waals surface area contributed by atoms with Crippen LogP contribution in [0.1, 0.15) is 44.9 Å². The second kappa shape index (κ2) is 7.38. The summed E-state index contributed by atoms with van der Waals surface area (Å²) in [5.41, 5.74) is 5.22. The second-order valence-corrected chi connectivity index (χ2v) is 6.34. The summed E-state index contributed by atoms with van der Waals surface area (Å²) in [6.07, 6.45) is 8.37. The van der Waals surface area contributed by atoms with E-state index in [4.69, 9.17) is 10.5 Å². The van der Waals surface area contributed by atoms with Crippen molar-refractivity contribution in [1.29, 1.82) is 0 Å². The van der Waals surface area contributed by atoms with Crippen LogP contribution in [-0.2, 0) is 9.53 Å². The molecular formula is C15H29N3O2. The SMILES string of the molecule is CN(CCCNC(=O)C1(N)CCOC1)C1CCCCC1. The monoisotopic (exact) mass is 283 g/mol. The van der Waals surface area contributed by atoms with Crippen molar-refractivity contribution in [2.45, 2.75) is 56.5 Å². The Labute approximate surface area is 122 Å². The number of amides is 1. The highest BCUT2D eigenvalue weighted by Crippen LogP contribution is 2.21. The summed E-state index contributed by atoms with van der Waals surface area (Å²) in [6.45, 7) is 2.68. The van der Waals surface area contributed by atoms with Crippen LogP contribution in [0.5, 0.6) is 0 Å². The van der Waals surface area contributed by atoms with Gasteiger partial charge in [-0.2, -0.15) is 0 Å². The van der Waals surface area contributed by atoms with Crippen LogP contribution in [0.25, 0.3) is 0 Å². The van der Waals surface area contributed by atoms with Gasteiger partial charge in [-0.1, -0.05) is 19.3 Å². The minimum Gasteiger partial charge on any atom is -0.379 e. The highest BCUT2D eigenvalue weighted by molar-refractivity contribution is 5.86. The Morgan fingerprint density at radius 2 is 2.15 bits per heavy atom. The van der Waals surface area contributed by atoms with E-state index in [1.165, 1.54) is 32.1 Å². The lowest BCUT2D eigenvalue weighted by Gasteiger charge is -2.31. The maximum absolute atomic E-state index is 12.0. The maximum atomic E-state index is 12.0. The minimum atomic E-state index is -0.796. The van der Waals surface area contributed by atoms with Crippen molar-refractivity contribution in [1.82, 2.24) is 10.2 Å². The summed E-state index contributed by atoms with van der Waals surface area (Å²) >= 11 is 0. The summed E-state index contributed by atoms with van der Waals surface area (Å²) in [6, 6.07) is 0.739. The molecule has 0 radical (unpaired) electrons. The molecule has 1 amide bonds. The van der Waals surface area contributed by atoms with E-state index in [9.17, 15) is 4.79 Å². The fraction of sp³-hybridized carbons (Fsp3) is 0.933. The number of ether oxygens (including phenoxy) is 1. The van der Waals surface area contributed by atoms with Crippen LogP contribution in [0.15, 0.2) is 0 Å². The number of nitrogens with two attached hydrogens (primary N) is 1. The largest absolute Gasteiger partial charge is 0.379 e. The topological polar surface area (TPSA) is 67.6 Å². The normalized spacial score (nSPS) is 27.9. The van der Waals surface area contributed by atoms with Gasteiger partial charge in [-0.05, 0) is 39.3 Å². The van der Waals surface area contributed by atoms with E-state index in [0.717, 1.165) is 19.0 Å². The van der Waals surface area contributed by atoms with Gasteiger partial charge < -0.3 is 20.7 Å². The van der Waals surface area contributed by atoms with Crippen LogP contribution in [0.4, 0.5) is 0 Å². The highest BCUT2D eigenvalue weighted by atomic mass is 16.5. The number of nitrogens with one attached hydrogen (secondary N) is 1. The highest BCUT2D eigenvalue weighted by Gasteiger charge is 2.37. The molecule has 5 heteroatoms. The second-order valence-electron chi connectivity index (χ2n) is 6.34. The smallest absolute Gasteiger partial charge is 0.242 e.